The average molecular weight is 362 g/mol. The maximum Gasteiger partial charge on any atom is 0.340 e. The molecule has 0 saturated carbocycles. The Bertz CT molecular complexity index is 1260. The molecule has 0 fully saturated rings. The molecule has 0 aliphatic carbocycles. The molecule has 2 aromatic carbocycles. The SMILES string of the molecule is Cc1ccc(-c2coc3c2c(C)cc2oc(=O)c(CC(=O)O)c(C)c23)cc1. The lowest BCUT2D eigenvalue weighted by Gasteiger charge is -2.09. The summed E-state index contributed by atoms with van der Waals surface area (Å²) in [6.45, 7) is 5.71. The predicted molar refractivity (Wildman–Crippen MR) is 103 cm³/mol. The van der Waals surface area contributed by atoms with Gasteiger partial charge in [0.1, 0.15) is 11.2 Å². The summed E-state index contributed by atoms with van der Waals surface area (Å²) in [7, 11) is 0. The van der Waals surface area contributed by atoms with E-state index in [9.17, 15) is 9.59 Å². The van der Waals surface area contributed by atoms with Gasteiger partial charge in [0.05, 0.1) is 23.6 Å². The Kier molecular flexibility index (Phi) is 3.88. The van der Waals surface area contributed by atoms with Crippen LogP contribution in [0.1, 0.15) is 22.3 Å². The lowest BCUT2D eigenvalue weighted by atomic mass is 9.96. The Morgan fingerprint density at radius 1 is 1.07 bits per heavy atom. The van der Waals surface area contributed by atoms with Gasteiger partial charge in [-0.2, -0.15) is 0 Å². The minimum atomic E-state index is -1.08. The second-order valence-corrected chi connectivity index (χ2v) is 6.85. The quantitative estimate of drug-likeness (QED) is 0.532. The molecule has 5 heteroatoms. The highest BCUT2D eigenvalue weighted by Crippen LogP contribution is 2.38. The third-order valence-corrected chi connectivity index (χ3v) is 4.97. The molecular formula is C22H18O5. The minimum absolute atomic E-state index is 0.147. The zero-order valence-corrected chi connectivity index (χ0v) is 15.3. The van der Waals surface area contributed by atoms with Crippen LogP contribution in [0.15, 0.2) is 50.2 Å². The number of rotatable bonds is 3. The molecular weight excluding hydrogens is 344 g/mol. The van der Waals surface area contributed by atoms with E-state index in [1.54, 1.807) is 13.2 Å². The van der Waals surface area contributed by atoms with Crippen LogP contribution in [-0.4, -0.2) is 11.1 Å². The van der Waals surface area contributed by atoms with E-state index in [0.717, 1.165) is 22.1 Å². The number of carboxylic acid groups (broad SMARTS) is 1. The lowest BCUT2D eigenvalue weighted by molar-refractivity contribution is -0.136. The molecule has 5 nitrogen and oxygen atoms in total. The largest absolute Gasteiger partial charge is 0.481 e. The Morgan fingerprint density at radius 3 is 2.44 bits per heavy atom. The number of hydrogen-bond acceptors (Lipinski definition) is 4. The summed E-state index contributed by atoms with van der Waals surface area (Å²) in [5, 5.41) is 10.7. The van der Waals surface area contributed by atoms with Gasteiger partial charge in [0.25, 0.3) is 0 Å². The van der Waals surface area contributed by atoms with Crippen molar-refractivity contribution in [3.63, 3.8) is 0 Å². The zero-order valence-electron chi connectivity index (χ0n) is 15.3. The summed E-state index contributed by atoms with van der Waals surface area (Å²) in [5.74, 6) is -1.08. The normalized spacial score (nSPS) is 11.4. The monoisotopic (exact) mass is 362 g/mol. The van der Waals surface area contributed by atoms with Crippen LogP contribution >= 0.6 is 0 Å². The number of carbonyl (C=O) groups is 1. The summed E-state index contributed by atoms with van der Waals surface area (Å²) >= 11 is 0. The van der Waals surface area contributed by atoms with Gasteiger partial charge < -0.3 is 13.9 Å². The first-order valence-electron chi connectivity index (χ1n) is 8.62. The molecule has 4 rings (SSSR count). The van der Waals surface area contributed by atoms with Gasteiger partial charge >= 0.3 is 11.6 Å². The van der Waals surface area contributed by atoms with Gasteiger partial charge in [0.2, 0.25) is 0 Å². The standard InChI is InChI=1S/C22H18O5/c1-11-4-6-14(7-5-11)16-10-26-21-19(16)12(2)8-17-20(21)13(3)15(9-18(23)24)22(25)27-17/h4-8,10H,9H2,1-3H3,(H,23,24). The molecule has 2 heterocycles. The highest BCUT2D eigenvalue weighted by Gasteiger charge is 2.21. The van der Waals surface area contributed by atoms with Crippen molar-refractivity contribution in [1.29, 1.82) is 0 Å². The molecule has 0 radical (unpaired) electrons. The second kappa shape index (κ2) is 6.13. The van der Waals surface area contributed by atoms with Crippen molar-refractivity contribution in [2.24, 2.45) is 0 Å². The molecule has 0 unspecified atom stereocenters. The fourth-order valence-corrected chi connectivity index (χ4v) is 3.59. The molecule has 0 spiro atoms. The molecule has 2 aromatic heterocycles. The van der Waals surface area contributed by atoms with Gasteiger partial charge in [-0.15, -0.1) is 0 Å². The number of hydrogen-bond donors (Lipinski definition) is 1. The summed E-state index contributed by atoms with van der Waals surface area (Å²) in [6, 6.07) is 9.97. The van der Waals surface area contributed by atoms with Crippen molar-refractivity contribution in [3.05, 3.63) is 69.3 Å². The first kappa shape index (κ1) is 17.1. The van der Waals surface area contributed by atoms with E-state index in [1.807, 2.05) is 44.2 Å². The first-order chi connectivity index (χ1) is 12.9. The fourth-order valence-electron chi connectivity index (χ4n) is 3.59. The van der Waals surface area contributed by atoms with Gasteiger partial charge in [-0.05, 0) is 43.5 Å². The zero-order chi connectivity index (χ0) is 19.3. The molecule has 0 saturated heterocycles. The maximum absolute atomic E-state index is 12.2. The number of benzene rings is 2. The molecule has 4 aromatic rings. The van der Waals surface area contributed by atoms with Crippen molar-refractivity contribution in [2.75, 3.05) is 0 Å². The van der Waals surface area contributed by atoms with Crippen molar-refractivity contribution >= 4 is 27.9 Å². The van der Waals surface area contributed by atoms with Crippen LogP contribution in [0.4, 0.5) is 0 Å². The van der Waals surface area contributed by atoms with Crippen molar-refractivity contribution in [1.82, 2.24) is 0 Å². The van der Waals surface area contributed by atoms with Crippen LogP contribution in [0.25, 0.3) is 33.1 Å². The summed E-state index contributed by atoms with van der Waals surface area (Å²) in [5.41, 5.74) is 5.20. The number of aliphatic carboxylic acids is 1. The van der Waals surface area contributed by atoms with Crippen LogP contribution in [0, 0.1) is 20.8 Å². The van der Waals surface area contributed by atoms with Crippen molar-refractivity contribution in [2.45, 2.75) is 27.2 Å². The van der Waals surface area contributed by atoms with Crippen molar-refractivity contribution in [3.8, 4) is 11.1 Å². The minimum Gasteiger partial charge on any atom is -0.481 e. The molecule has 0 atom stereocenters. The third kappa shape index (κ3) is 2.72. The van der Waals surface area contributed by atoms with Gasteiger partial charge in [-0.25, -0.2) is 4.79 Å². The summed E-state index contributed by atoms with van der Waals surface area (Å²) in [4.78, 5) is 23.4. The fraction of sp³-hybridized carbons (Fsp3) is 0.182. The number of aryl methyl sites for hydroxylation is 3. The Morgan fingerprint density at radius 2 is 1.78 bits per heavy atom. The number of furan rings is 1. The van der Waals surface area contributed by atoms with Crippen LogP contribution in [0.3, 0.4) is 0 Å². The van der Waals surface area contributed by atoms with Gasteiger partial charge in [-0.1, -0.05) is 29.8 Å². The van der Waals surface area contributed by atoms with Gasteiger partial charge in [0, 0.05) is 10.9 Å². The van der Waals surface area contributed by atoms with E-state index >= 15 is 0 Å². The van der Waals surface area contributed by atoms with Crippen LogP contribution < -0.4 is 5.63 Å². The van der Waals surface area contributed by atoms with Gasteiger partial charge in [0.15, 0.2) is 0 Å². The Labute approximate surface area is 154 Å². The molecule has 0 aliphatic rings. The van der Waals surface area contributed by atoms with Crippen LogP contribution in [0.2, 0.25) is 0 Å². The van der Waals surface area contributed by atoms with Gasteiger partial charge in [-0.3, -0.25) is 4.79 Å². The Balaban J connectivity index is 2.08. The first-order valence-corrected chi connectivity index (χ1v) is 8.62. The average Bonchev–Trinajstić information content (AvgIpc) is 3.04. The number of carboxylic acids is 1. The van der Waals surface area contributed by atoms with Crippen LogP contribution in [0.5, 0.6) is 0 Å². The lowest BCUT2D eigenvalue weighted by Crippen LogP contribution is -2.15. The Hall–Kier alpha value is -3.34. The molecule has 0 amide bonds. The predicted octanol–water partition coefficient (Wildman–Crippen LogP) is 4.76. The molecule has 1 N–H and O–H groups in total. The summed E-state index contributed by atoms with van der Waals surface area (Å²) < 4.78 is 11.3. The van der Waals surface area contributed by atoms with Crippen LogP contribution in [-0.2, 0) is 11.2 Å². The molecule has 0 bridgehead atoms. The van der Waals surface area contributed by atoms with E-state index < -0.39 is 11.6 Å². The molecule has 27 heavy (non-hydrogen) atoms. The van der Waals surface area contributed by atoms with E-state index in [-0.39, 0.29) is 12.0 Å². The highest BCUT2D eigenvalue weighted by atomic mass is 16.4. The number of fused-ring (bicyclic) bond motifs is 3. The summed E-state index contributed by atoms with van der Waals surface area (Å²) in [6.07, 6.45) is 1.31. The van der Waals surface area contributed by atoms with E-state index in [0.29, 0.717) is 22.1 Å². The topological polar surface area (TPSA) is 80.7 Å². The highest BCUT2D eigenvalue weighted by molar-refractivity contribution is 6.11. The maximum atomic E-state index is 12.2. The molecule has 136 valence electrons. The third-order valence-electron chi connectivity index (χ3n) is 4.97. The van der Waals surface area contributed by atoms with E-state index in [4.69, 9.17) is 13.9 Å². The molecule has 0 aliphatic heterocycles. The van der Waals surface area contributed by atoms with Crippen molar-refractivity contribution < 1.29 is 18.7 Å². The smallest absolute Gasteiger partial charge is 0.340 e. The van der Waals surface area contributed by atoms with E-state index in [2.05, 4.69) is 0 Å². The second-order valence-electron chi connectivity index (χ2n) is 6.85. The van der Waals surface area contributed by atoms with E-state index in [1.165, 1.54) is 5.56 Å².